The second-order valence-corrected chi connectivity index (χ2v) is 26.3. The van der Waals surface area contributed by atoms with Crippen LogP contribution >= 0.6 is 7.82 Å². The molecule has 3 atom stereocenters. The molecule has 0 aliphatic heterocycles. The molecule has 0 aromatic carbocycles. The quantitative estimate of drug-likeness (QED) is 0.0272. The molecule has 0 bridgehead atoms. The summed E-state index contributed by atoms with van der Waals surface area (Å²) in [5.74, 6) is -0.157. The van der Waals surface area contributed by atoms with Gasteiger partial charge in [-0.15, -0.1) is 0 Å². The third-order valence-corrected chi connectivity index (χ3v) is 16.9. The number of phosphoric ester groups is 1. The van der Waals surface area contributed by atoms with Crippen molar-refractivity contribution in [2.24, 2.45) is 0 Å². The van der Waals surface area contributed by atoms with Crippen LogP contribution in [-0.2, 0) is 18.4 Å². The van der Waals surface area contributed by atoms with Gasteiger partial charge in [-0.2, -0.15) is 0 Å². The summed E-state index contributed by atoms with van der Waals surface area (Å²) in [6.07, 6.45) is 77.0. The smallest absolute Gasteiger partial charge is 0.268 e. The van der Waals surface area contributed by atoms with Crippen LogP contribution in [0, 0.1) is 0 Å². The number of quaternary nitrogens is 1. The predicted octanol–water partition coefficient (Wildman–Crippen LogP) is 20.9. The lowest BCUT2D eigenvalue weighted by Crippen LogP contribution is -2.46. The van der Waals surface area contributed by atoms with E-state index in [4.69, 9.17) is 9.05 Å². The van der Waals surface area contributed by atoms with Gasteiger partial charge in [-0.1, -0.05) is 327 Å². The zero-order valence-corrected chi connectivity index (χ0v) is 53.3. The summed E-state index contributed by atoms with van der Waals surface area (Å²) >= 11 is 0. The van der Waals surface area contributed by atoms with Crippen LogP contribution < -0.4 is 10.2 Å². The van der Waals surface area contributed by atoms with E-state index in [9.17, 15) is 19.4 Å². The van der Waals surface area contributed by atoms with Crippen LogP contribution in [0.1, 0.15) is 354 Å². The minimum atomic E-state index is -4.57. The van der Waals surface area contributed by atoms with E-state index < -0.39 is 20.0 Å². The van der Waals surface area contributed by atoms with Crippen molar-refractivity contribution in [3.63, 3.8) is 0 Å². The zero-order valence-electron chi connectivity index (χ0n) is 52.4. The van der Waals surface area contributed by atoms with Crippen molar-refractivity contribution < 1.29 is 32.9 Å². The van der Waals surface area contributed by atoms with E-state index in [0.29, 0.717) is 23.9 Å². The number of hydrogen-bond donors (Lipinski definition) is 2. The first kappa shape index (κ1) is 76.0. The lowest BCUT2D eigenvalue weighted by molar-refractivity contribution is -0.870. The molecule has 0 aliphatic carbocycles. The molecule has 9 heteroatoms. The predicted molar refractivity (Wildman–Crippen MR) is 335 cm³/mol. The van der Waals surface area contributed by atoms with Gasteiger partial charge >= 0.3 is 0 Å². The van der Waals surface area contributed by atoms with Crippen LogP contribution in [0.3, 0.4) is 0 Å². The molecule has 8 nitrogen and oxygen atoms in total. The fraction of sp³-hybridized carbons (Fsp3) is 0.926. The van der Waals surface area contributed by atoms with E-state index in [-0.39, 0.29) is 19.1 Å². The molecule has 0 aromatic heterocycles. The highest BCUT2D eigenvalue weighted by Gasteiger charge is 2.24. The summed E-state index contributed by atoms with van der Waals surface area (Å²) in [7, 11) is 1.32. The van der Waals surface area contributed by atoms with Crippen molar-refractivity contribution in [1.82, 2.24) is 5.32 Å². The van der Waals surface area contributed by atoms with Gasteiger partial charge in [0.2, 0.25) is 5.91 Å². The van der Waals surface area contributed by atoms with Crippen LogP contribution in [0.2, 0.25) is 0 Å². The molecule has 0 rings (SSSR count). The second kappa shape index (κ2) is 59.6. The molecule has 1 amide bonds. The second-order valence-electron chi connectivity index (χ2n) is 24.9. The highest BCUT2D eigenvalue weighted by atomic mass is 31.2. The van der Waals surface area contributed by atoms with Gasteiger partial charge in [-0.05, 0) is 44.9 Å². The molecular weight excluding hydrogens is 972 g/mol. The number of phosphoric acid groups is 1. The topological polar surface area (TPSA) is 108 Å². The number of hydrogen-bond acceptors (Lipinski definition) is 6. The summed E-state index contributed by atoms with van der Waals surface area (Å²) in [6, 6.07) is -0.797. The first-order chi connectivity index (χ1) is 37.5. The van der Waals surface area contributed by atoms with Crippen molar-refractivity contribution in [2.45, 2.75) is 366 Å². The standard InChI is InChI=1S/C68H135N2O6P/c1-6-8-10-12-14-16-18-20-22-23-24-25-26-27-28-29-30-31-32-33-34-35-36-37-38-39-40-41-42-43-44-45-46-47-48-50-52-54-56-58-60-62-68(72)69-66(65-76-77(73,74)75-64-63-70(3,4)5)67(71)61-59-57-55-53-51-49-21-19-17-15-13-11-9-7-2/h18,20,23-24,66-67,71H,6-17,19,21-22,25-65H2,1-5H3,(H-,69,72,73,74)/b20-18-,24-23-. The number of allylic oxidation sites excluding steroid dienone is 4. The first-order valence-electron chi connectivity index (χ1n) is 34.2. The number of amides is 1. The van der Waals surface area contributed by atoms with E-state index in [0.717, 1.165) is 44.9 Å². The molecule has 2 N–H and O–H groups in total. The average molecular weight is 1110 g/mol. The lowest BCUT2D eigenvalue weighted by atomic mass is 10.0. The summed E-state index contributed by atoms with van der Waals surface area (Å²) in [4.78, 5) is 25.6. The summed E-state index contributed by atoms with van der Waals surface area (Å²) in [5, 5.41) is 14.0. The van der Waals surface area contributed by atoms with Crippen molar-refractivity contribution in [3.8, 4) is 0 Å². The average Bonchev–Trinajstić information content (AvgIpc) is 3.39. The number of aliphatic hydroxyl groups excluding tert-OH is 1. The molecule has 0 fully saturated rings. The molecule has 0 aromatic rings. The number of carbonyl (C=O) groups is 1. The summed E-state index contributed by atoms with van der Waals surface area (Å²) in [6.45, 7) is 4.75. The lowest BCUT2D eigenvalue weighted by Gasteiger charge is -2.30. The maximum atomic E-state index is 13.0. The maximum absolute atomic E-state index is 13.0. The molecule has 0 spiro atoms. The first-order valence-corrected chi connectivity index (χ1v) is 35.6. The van der Waals surface area contributed by atoms with Gasteiger partial charge in [0.05, 0.1) is 39.9 Å². The number of carbonyl (C=O) groups excluding carboxylic acids is 1. The van der Waals surface area contributed by atoms with Gasteiger partial charge in [-0.25, -0.2) is 0 Å². The van der Waals surface area contributed by atoms with Gasteiger partial charge in [-0.3, -0.25) is 9.36 Å². The van der Waals surface area contributed by atoms with Gasteiger partial charge in [0, 0.05) is 6.42 Å². The highest BCUT2D eigenvalue weighted by Crippen LogP contribution is 2.38. The number of aliphatic hydroxyl groups is 1. The molecular formula is C68H135N2O6P. The van der Waals surface area contributed by atoms with E-state index in [1.165, 1.54) is 283 Å². The highest BCUT2D eigenvalue weighted by molar-refractivity contribution is 7.45. The fourth-order valence-electron chi connectivity index (χ4n) is 10.6. The molecule has 0 saturated carbocycles. The normalized spacial score (nSPS) is 13.8. The Hall–Kier alpha value is -1.02. The van der Waals surface area contributed by atoms with Gasteiger partial charge < -0.3 is 28.8 Å². The van der Waals surface area contributed by atoms with Gasteiger partial charge in [0.25, 0.3) is 7.82 Å². The Morgan fingerprint density at radius 1 is 0.455 bits per heavy atom. The van der Waals surface area contributed by atoms with Crippen LogP contribution in [-0.4, -0.2) is 68.5 Å². The minimum Gasteiger partial charge on any atom is -0.756 e. The molecule has 458 valence electrons. The van der Waals surface area contributed by atoms with Crippen molar-refractivity contribution >= 4 is 13.7 Å². The number of likely N-dealkylation sites (N-methyl/N-ethyl adjacent to an activating group) is 1. The minimum absolute atomic E-state index is 0.0154. The third-order valence-electron chi connectivity index (χ3n) is 15.9. The van der Waals surface area contributed by atoms with Crippen molar-refractivity contribution in [3.05, 3.63) is 24.3 Å². The third kappa shape index (κ3) is 62.4. The number of nitrogens with zero attached hydrogens (tertiary/aromatic N) is 1. The molecule has 0 aliphatic rings. The van der Waals surface area contributed by atoms with Crippen LogP contribution in [0.15, 0.2) is 24.3 Å². The molecule has 0 heterocycles. The monoisotopic (exact) mass is 1110 g/mol. The van der Waals surface area contributed by atoms with E-state index >= 15 is 0 Å². The van der Waals surface area contributed by atoms with Gasteiger partial charge in [0.15, 0.2) is 0 Å². The van der Waals surface area contributed by atoms with E-state index in [1.54, 1.807) is 0 Å². The summed E-state index contributed by atoms with van der Waals surface area (Å²) < 4.78 is 23.4. The largest absolute Gasteiger partial charge is 0.756 e. The van der Waals surface area contributed by atoms with Crippen LogP contribution in [0.25, 0.3) is 0 Å². The van der Waals surface area contributed by atoms with Crippen molar-refractivity contribution in [2.75, 3.05) is 40.9 Å². The van der Waals surface area contributed by atoms with Crippen LogP contribution in [0.5, 0.6) is 0 Å². The number of rotatable bonds is 64. The molecule has 77 heavy (non-hydrogen) atoms. The number of nitrogens with one attached hydrogen (secondary N) is 1. The Bertz CT molecular complexity index is 1300. The van der Waals surface area contributed by atoms with Gasteiger partial charge in [0.1, 0.15) is 13.2 Å². The molecule has 0 saturated heterocycles. The Kier molecular flexibility index (Phi) is 58.8. The Morgan fingerprint density at radius 2 is 0.753 bits per heavy atom. The number of unbranched alkanes of at least 4 members (excludes halogenated alkanes) is 47. The summed E-state index contributed by atoms with van der Waals surface area (Å²) in [5.41, 5.74) is 0. The van der Waals surface area contributed by atoms with Crippen LogP contribution in [0.4, 0.5) is 0 Å². The fourth-order valence-corrected chi connectivity index (χ4v) is 11.3. The Labute approximate surface area is 481 Å². The maximum Gasteiger partial charge on any atom is 0.268 e. The molecule has 3 unspecified atom stereocenters. The molecule has 0 radical (unpaired) electrons. The SMILES string of the molecule is CCCCCCC/C=C\C/C=C\CCCCCCCCCCCCCCCCCCCCCCCCCCCCCCCC(=O)NC(COP(=O)([O-])OCC[N+](C)(C)C)C(O)CCCCCCCCCCCCCCCC. The van der Waals surface area contributed by atoms with E-state index in [2.05, 4.69) is 43.5 Å². The Balaban J connectivity index is 3.80. The Morgan fingerprint density at radius 3 is 1.08 bits per heavy atom. The zero-order chi connectivity index (χ0) is 56.3. The van der Waals surface area contributed by atoms with E-state index in [1.807, 2.05) is 21.1 Å². The van der Waals surface area contributed by atoms with Crippen molar-refractivity contribution in [1.29, 1.82) is 0 Å².